The van der Waals surface area contributed by atoms with Crippen molar-refractivity contribution in [2.45, 2.75) is 26.7 Å². The molecular weight excluding hydrogens is 332 g/mol. The number of benzene rings is 2. The number of nitrogens with one attached hydrogen (secondary N) is 2. The molecule has 2 aromatic carbocycles. The summed E-state index contributed by atoms with van der Waals surface area (Å²) in [5, 5.41) is 16.5. The number of carbonyl (C=O) groups excluding carboxylic acids is 2. The van der Waals surface area contributed by atoms with Crippen molar-refractivity contribution in [3.05, 3.63) is 48.0 Å². The van der Waals surface area contributed by atoms with Crippen LogP contribution in [0.3, 0.4) is 0 Å². The van der Waals surface area contributed by atoms with Crippen LogP contribution in [-0.2, 0) is 9.59 Å². The Balaban J connectivity index is 1.75. The van der Waals surface area contributed by atoms with Gasteiger partial charge in [-0.25, -0.2) is 0 Å². The highest BCUT2D eigenvalue weighted by Crippen LogP contribution is 2.19. The fraction of sp³-hybridized carbons (Fsp3) is 0.350. The van der Waals surface area contributed by atoms with Gasteiger partial charge in [-0.2, -0.15) is 0 Å². The van der Waals surface area contributed by atoms with Gasteiger partial charge in [0, 0.05) is 25.1 Å². The first-order valence-corrected chi connectivity index (χ1v) is 8.57. The van der Waals surface area contributed by atoms with Gasteiger partial charge in [0.2, 0.25) is 5.91 Å². The highest BCUT2D eigenvalue weighted by atomic mass is 16.4. The van der Waals surface area contributed by atoms with Crippen molar-refractivity contribution < 1.29 is 19.5 Å². The van der Waals surface area contributed by atoms with Gasteiger partial charge >= 0.3 is 5.97 Å². The number of hydrogen-bond donors (Lipinski definition) is 3. The van der Waals surface area contributed by atoms with E-state index in [1.807, 2.05) is 36.4 Å². The average Bonchev–Trinajstić information content (AvgIpc) is 2.60. The molecular formula is C20H24N2O4. The maximum absolute atomic E-state index is 12.2. The molecule has 2 amide bonds. The van der Waals surface area contributed by atoms with Crippen molar-refractivity contribution in [1.82, 2.24) is 10.6 Å². The number of fused-ring (bicyclic) bond motifs is 1. The molecule has 0 heterocycles. The lowest BCUT2D eigenvalue weighted by Crippen LogP contribution is -2.34. The third kappa shape index (κ3) is 5.31. The molecule has 26 heavy (non-hydrogen) atoms. The fourth-order valence-corrected chi connectivity index (χ4v) is 2.43. The molecule has 0 atom stereocenters. The Kier molecular flexibility index (Phi) is 6.33. The molecule has 0 unspecified atom stereocenters. The topological polar surface area (TPSA) is 95.5 Å². The van der Waals surface area contributed by atoms with Gasteiger partial charge in [0.15, 0.2) is 0 Å². The quantitative estimate of drug-likeness (QED) is 0.677. The predicted molar refractivity (Wildman–Crippen MR) is 99.9 cm³/mol. The van der Waals surface area contributed by atoms with Gasteiger partial charge < -0.3 is 15.7 Å². The van der Waals surface area contributed by atoms with Crippen LogP contribution in [0.1, 0.15) is 37.0 Å². The molecule has 0 aliphatic rings. The van der Waals surface area contributed by atoms with E-state index in [0.29, 0.717) is 12.0 Å². The average molecular weight is 356 g/mol. The van der Waals surface area contributed by atoms with E-state index < -0.39 is 11.4 Å². The van der Waals surface area contributed by atoms with Crippen molar-refractivity contribution in [2.24, 2.45) is 5.41 Å². The summed E-state index contributed by atoms with van der Waals surface area (Å²) in [5.41, 5.74) is -0.329. The second-order valence-corrected chi connectivity index (χ2v) is 6.86. The number of carbonyl (C=O) groups is 3. The molecule has 0 radical (unpaired) electrons. The molecule has 0 aromatic heterocycles. The molecule has 0 saturated carbocycles. The molecule has 0 aliphatic heterocycles. The SMILES string of the molecule is CC(C)(CCNC(=O)CCNC(=O)c1ccc2ccccc2c1)C(=O)O. The second-order valence-electron chi connectivity index (χ2n) is 6.86. The van der Waals surface area contributed by atoms with Crippen molar-refractivity contribution in [2.75, 3.05) is 13.1 Å². The van der Waals surface area contributed by atoms with Crippen molar-refractivity contribution in [1.29, 1.82) is 0 Å². The van der Waals surface area contributed by atoms with Crippen molar-refractivity contribution in [3.63, 3.8) is 0 Å². The van der Waals surface area contributed by atoms with Gasteiger partial charge in [0.05, 0.1) is 5.41 Å². The monoisotopic (exact) mass is 356 g/mol. The lowest BCUT2D eigenvalue weighted by molar-refractivity contribution is -0.147. The molecule has 0 fully saturated rings. The van der Waals surface area contributed by atoms with Gasteiger partial charge in [-0.3, -0.25) is 14.4 Å². The van der Waals surface area contributed by atoms with Crippen LogP contribution >= 0.6 is 0 Å². The van der Waals surface area contributed by atoms with E-state index >= 15 is 0 Å². The Morgan fingerprint density at radius 3 is 2.35 bits per heavy atom. The largest absolute Gasteiger partial charge is 0.481 e. The summed E-state index contributed by atoms with van der Waals surface area (Å²) in [6.45, 7) is 3.74. The van der Waals surface area contributed by atoms with Crippen LogP contribution in [0.25, 0.3) is 10.8 Å². The zero-order valence-corrected chi connectivity index (χ0v) is 15.0. The number of carboxylic acids is 1. The summed E-state index contributed by atoms with van der Waals surface area (Å²) in [6, 6.07) is 13.2. The number of amides is 2. The standard InChI is InChI=1S/C20H24N2O4/c1-20(2,19(25)26)10-12-21-17(23)9-11-22-18(24)16-8-7-14-5-3-4-6-15(14)13-16/h3-8,13H,9-12H2,1-2H3,(H,21,23)(H,22,24)(H,25,26). The highest BCUT2D eigenvalue weighted by Gasteiger charge is 2.26. The van der Waals surface area contributed by atoms with E-state index in [2.05, 4.69) is 10.6 Å². The van der Waals surface area contributed by atoms with Crippen LogP contribution in [0.15, 0.2) is 42.5 Å². The summed E-state index contributed by atoms with van der Waals surface area (Å²) in [5.74, 6) is -1.34. The molecule has 0 aliphatic carbocycles. The molecule has 6 heteroatoms. The van der Waals surface area contributed by atoms with E-state index in [1.54, 1.807) is 19.9 Å². The minimum Gasteiger partial charge on any atom is -0.481 e. The molecule has 138 valence electrons. The number of rotatable bonds is 8. The molecule has 2 rings (SSSR count). The molecule has 3 N–H and O–H groups in total. The van der Waals surface area contributed by atoms with Crippen LogP contribution in [0.2, 0.25) is 0 Å². The Bertz CT molecular complexity index is 814. The first-order chi connectivity index (χ1) is 12.3. The molecule has 0 bridgehead atoms. The summed E-state index contributed by atoms with van der Waals surface area (Å²) in [4.78, 5) is 35.0. The van der Waals surface area contributed by atoms with E-state index in [4.69, 9.17) is 5.11 Å². The minimum absolute atomic E-state index is 0.146. The van der Waals surface area contributed by atoms with Gasteiger partial charge in [0.1, 0.15) is 0 Å². The van der Waals surface area contributed by atoms with Crippen LogP contribution in [-0.4, -0.2) is 36.0 Å². The first-order valence-electron chi connectivity index (χ1n) is 8.57. The summed E-state index contributed by atoms with van der Waals surface area (Å²) in [7, 11) is 0. The lowest BCUT2D eigenvalue weighted by atomic mass is 9.90. The zero-order valence-electron chi connectivity index (χ0n) is 15.0. The Morgan fingerprint density at radius 2 is 1.65 bits per heavy atom. The first kappa shape index (κ1) is 19.4. The maximum atomic E-state index is 12.2. The Labute approximate surface area is 152 Å². The van der Waals surface area contributed by atoms with Gasteiger partial charge in [-0.05, 0) is 43.2 Å². The van der Waals surface area contributed by atoms with Crippen LogP contribution < -0.4 is 10.6 Å². The van der Waals surface area contributed by atoms with E-state index in [1.165, 1.54) is 0 Å². The summed E-state index contributed by atoms with van der Waals surface area (Å²) < 4.78 is 0. The summed E-state index contributed by atoms with van der Waals surface area (Å²) in [6.07, 6.45) is 0.490. The normalized spacial score (nSPS) is 11.2. The maximum Gasteiger partial charge on any atom is 0.309 e. The third-order valence-corrected chi connectivity index (χ3v) is 4.30. The molecule has 2 aromatic rings. The summed E-state index contributed by atoms with van der Waals surface area (Å²) >= 11 is 0. The molecule has 6 nitrogen and oxygen atoms in total. The fourth-order valence-electron chi connectivity index (χ4n) is 2.43. The van der Waals surface area contributed by atoms with Crippen molar-refractivity contribution >= 4 is 28.6 Å². The second kappa shape index (κ2) is 8.47. The van der Waals surface area contributed by atoms with E-state index in [0.717, 1.165) is 10.8 Å². The van der Waals surface area contributed by atoms with E-state index in [-0.39, 0.29) is 31.3 Å². The van der Waals surface area contributed by atoms with Gasteiger partial charge in [-0.15, -0.1) is 0 Å². The number of aliphatic carboxylic acids is 1. The van der Waals surface area contributed by atoms with Crippen LogP contribution in [0, 0.1) is 5.41 Å². The molecule has 0 saturated heterocycles. The van der Waals surface area contributed by atoms with Crippen LogP contribution in [0.5, 0.6) is 0 Å². The minimum atomic E-state index is -0.894. The Hall–Kier alpha value is -2.89. The van der Waals surface area contributed by atoms with E-state index in [9.17, 15) is 14.4 Å². The number of hydrogen-bond acceptors (Lipinski definition) is 3. The van der Waals surface area contributed by atoms with Gasteiger partial charge in [0.25, 0.3) is 5.91 Å². The third-order valence-electron chi connectivity index (χ3n) is 4.30. The van der Waals surface area contributed by atoms with Crippen molar-refractivity contribution in [3.8, 4) is 0 Å². The molecule has 0 spiro atoms. The smallest absolute Gasteiger partial charge is 0.309 e. The predicted octanol–water partition coefficient (Wildman–Crippen LogP) is 2.58. The lowest BCUT2D eigenvalue weighted by Gasteiger charge is -2.18. The Morgan fingerprint density at radius 1 is 0.962 bits per heavy atom. The number of carboxylic acid groups (broad SMARTS) is 1. The van der Waals surface area contributed by atoms with Crippen LogP contribution in [0.4, 0.5) is 0 Å². The van der Waals surface area contributed by atoms with Gasteiger partial charge in [-0.1, -0.05) is 30.3 Å². The highest BCUT2D eigenvalue weighted by molar-refractivity contribution is 5.98. The zero-order chi connectivity index (χ0) is 19.2.